The van der Waals surface area contributed by atoms with Crippen molar-refractivity contribution in [2.75, 3.05) is 13.7 Å². The van der Waals surface area contributed by atoms with Gasteiger partial charge in [0.05, 0.1) is 23.0 Å². The average Bonchev–Trinajstić information content (AvgIpc) is 2.71. The number of hydrogen-bond acceptors (Lipinski definition) is 5. The molecule has 30 heavy (non-hydrogen) atoms. The van der Waals surface area contributed by atoms with Crippen LogP contribution in [0.25, 0.3) is 10.9 Å². The molecular weight excluding hydrogens is 439 g/mol. The van der Waals surface area contributed by atoms with Crippen LogP contribution in [0.5, 0.6) is 11.5 Å². The quantitative estimate of drug-likeness (QED) is 0.434. The first-order valence-electron chi connectivity index (χ1n) is 8.80. The molecule has 3 aromatic rings. The van der Waals surface area contributed by atoms with E-state index in [1.807, 2.05) is 0 Å². The lowest BCUT2D eigenvalue weighted by molar-refractivity contribution is -0.142. The fourth-order valence-corrected chi connectivity index (χ4v) is 3.30. The molecule has 0 aliphatic heterocycles. The molecule has 3 rings (SSSR count). The van der Waals surface area contributed by atoms with Gasteiger partial charge in [-0.15, -0.1) is 0 Å². The van der Waals surface area contributed by atoms with E-state index in [-0.39, 0.29) is 33.8 Å². The number of rotatable bonds is 7. The van der Waals surface area contributed by atoms with Crippen molar-refractivity contribution in [3.63, 3.8) is 0 Å². The number of ether oxygens (including phenoxy) is 3. The Morgan fingerprint density at radius 2 is 1.83 bits per heavy atom. The topological polar surface area (TPSA) is 57.7 Å². The summed E-state index contributed by atoms with van der Waals surface area (Å²) in [5.41, 5.74) is 1.96. The molecule has 0 amide bonds. The predicted octanol–water partition coefficient (Wildman–Crippen LogP) is 5.59. The molecule has 0 bridgehead atoms. The van der Waals surface area contributed by atoms with Crippen LogP contribution in [0.1, 0.15) is 16.8 Å². The fourth-order valence-electron chi connectivity index (χ4n) is 2.98. The summed E-state index contributed by atoms with van der Waals surface area (Å²) in [4.78, 5) is 16.0. The molecule has 2 aromatic carbocycles. The van der Waals surface area contributed by atoms with E-state index < -0.39 is 19.2 Å². The van der Waals surface area contributed by atoms with Crippen molar-refractivity contribution >= 4 is 40.1 Å². The lowest BCUT2D eigenvalue weighted by atomic mass is 10.00. The summed E-state index contributed by atoms with van der Waals surface area (Å²) in [5.74, 6) is -0.610. The Hall–Kier alpha value is -2.64. The minimum atomic E-state index is -3.09. The zero-order valence-electron chi connectivity index (χ0n) is 16.0. The number of pyridine rings is 1. The maximum absolute atomic E-state index is 13.3. The molecule has 0 aliphatic carbocycles. The highest BCUT2D eigenvalue weighted by molar-refractivity contribution is 6.35. The predicted molar refractivity (Wildman–Crippen MR) is 110 cm³/mol. The Morgan fingerprint density at radius 1 is 1.13 bits per heavy atom. The van der Waals surface area contributed by atoms with Gasteiger partial charge in [0.25, 0.3) is 0 Å². The molecule has 5 nitrogen and oxygen atoms in total. The van der Waals surface area contributed by atoms with Gasteiger partial charge in [-0.3, -0.25) is 4.98 Å². The van der Waals surface area contributed by atoms with Crippen LogP contribution in [0.2, 0.25) is 10.0 Å². The number of carbonyl (C=O) groups excluding carboxylic acids is 1. The van der Waals surface area contributed by atoms with E-state index in [1.54, 1.807) is 31.2 Å². The van der Waals surface area contributed by atoms with Gasteiger partial charge in [0, 0.05) is 22.7 Å². The molecule has 1 aromatic heterocycles. The number of fused-ring (bicyclic) bond motifs is 1. The van der Waals surface area contributed by atoms with Crippen LogP contribution in [-0.4, -0.2) is 31.3 Å². The Balaban J connectivity index is 2.20. The molecule has 0 spiro atoms. The highest BCUT2D eigenvalue weighted by Gasteiger charge is 2.23. The standard InChI is InChI=1S/C21H17Cl2F2NO4/c1-11-14(9-12-3-5-13(22)6-4-12)20(30-21(24)25)18-16(29-10-17(27)28-2)8-7-15(23)19(18)26-11/h3-8,21H,9-10H2,1-2H3. The van der Waals surface area contributed by atoms with E-state index >= 15 is 0 Å². The largest absolute Gasteiger partial charge is 0.481 e. The second kappa shape index (κ2) is 9.45. The van der Waals surface area contributed by atoms with Crippen molar-refractivity contribution in [2.24, 2.45) is 0 Å². The third kappa shape index (κ3) is 4.91. The molecule has 1 heterocycles. The van der Waals surface area contributed by atoms with Gasteiger partial charge in [-0.2, -0.15) is 8.78 Å². The number of hydrogen-bond donors (Lipinski definition) is 0. The SMILES string of the molecule is COC(=O)COc1ccc(Cl)c2nc(C)c(Cc3ccc(Cl)cc3)c(OC(F)F)c12. The van der Waals surface area contributed by atoms with Gasteiger partial charge in [0.2, 0.25) is 0 Å². The highest BCUT2D eigenvalue weighted by atomic mass is 35.5. The van der Waals surface area contributed by atoms with Crippen molar-refractivity contribution in [1.29, 1.82) is 0 Å². The fraction of sp³-hybridized carbons (Fsp3) is 0.238. The van der Waals surface area contributed by atoms with E-state index in [0.29, 0.717) is 16.3 Å². The molecule has 0 saturated heterocycles. The number of esters is 1. The molecule has 0 fully saturated rings. The number of halogens is 4. The molecule has 158 valence electrons. The Labute approximate surface area is 181 Å². The van der Waals surface area contributed by atoms with Gasteiger partial charge >= 0.3 is 12.6 Å². The van der Waals surface area contributed by atoms with Crippen LogP contribution in [0.4, 0.5) is 8.78 Å². The molecule has 0 saturated carbocycles. The van der Waals surface area contributed by atoms with Crippen molar-refractivity contribution in [1.82, 2.24) is 4.98 Å². The average molecular weight is 456 g/mol. The first kappa shape index (κ1) is 22.1. The van der Waals surface area contributed by atoms with Crippen LogP contribution >= 0.6 is 23.2 Å². The number of aromatic nitrogens is 1. The second-order valence-electron chi connectivity index (χ2n) is 6.32. The minimum absolute atomic E-state index is 0.107. The van der Waals surface area contributed by atoms with E-state index in [4.69, 9.17) is 32.7 Å². The summed E-state index contributed by atoms with van der Waals surface area (Å²) in [7, 11) is 1.21. The number of nitrogens with zero attached hydrogens (tertiary/aromatic N) is 1. The van der Waals surface area contributed by atoms with Crippen molar-refractivity contribution < 1.29 is 27.8 Å². The van der Waals surface area contributed by atoms with Gasteiger partial charge in [-0.05, 0) is 36.8 Å². The maximum atomic E-state index is 13.3. The third-order valence-electron chi connectivity index (χ3n) is 4.38. The molecule has 0 N–H and O–H groups in total. The first-order chi connectivity index (χ1) is 14.3. The van der Waals surface area contributed by atoms with Crippen LogP contribution in [0.15, 0.2) is 36.4 Å². The molecule has 9 heteroatoms. The van der Waals surface area contributed by atoms with Gasteiger partial charge in [-0.1, -0.05) is 35.3 Å². The molecular formula is C21H17Cl2F2NO4. The van der Waals surface area contributed by atoms with E-state index in [9.17, 15) is 13.6 Å². The first-order valence-corrected chi connectivity index (χ1v) is 9.56. The normalized spacial score (nSPS) is 11.0. The van der Waals surface area contributed by atoms with Crippen LogP contribution in [0.3, 0.4) is 0 Å². The van der Waals surface area contributed by atoms with E-state index in [2.05, 4.69) is 9.72 Å². The smallest absolute Gasteiger partial charge is 0.387 e. The Bertz CT molecular complexity index is 1080. The Morgan fingerprint density at radius 3 is 2.47 bits per heavy atom. The number of alkyl halides is 2. The summed E-state index contributed by atoms with van der Waals surface area (Å²) >= 11 is 12.2. The number of aryl methyl sites for hydroxylation is 1. The van der Waals surface area contributed by atoms with Gasteiger partial charge in [0.15, 0.2) is 6.61 Å². The zero-order valence-corrected chi connectivity index (χ0v) is 17.6. The van der Waals surface area contributed by atoms with Gasteiger partial charge < -0.3 is 14.2 Å². The van der Waals surface area contributed by atoms with Crippen molar-refractivity contribution in [3.8, 4) is 11.5 Å². The minimum Gasteiger partial charge on any atom is -0.481 e. The Kier molecular flexibility index (Phi) is 6.95. The van der Waals surface area contributed by atoms with Crippen LogP contribution in [0, 0.1) is 6.92 Å². The maximum Gasteiger partial charge on any atom is 0.387 e. The van der Waals surface area contributed by atoms with Crippen molar-refractivity contribution in [3.05, 3.63) is 63.3 Å². The van der Waals surface area contributed by atoms with Gasteiger partial charge in [0.1, 0.15) is 11.5 Å². The lowest BCUT2D eigenvalue weighted by Crippen LogP contribution is -2.14. The van der Waals surface area contributed by atoms with Crippen LogP contribution < -0.4 is 9.47 Å². The summed E-state index contributed by atoms with van der Waals surface area (Å²) in [6, 6.07) is 9.95. The summed E-state index contributed by atoms with van der Waals surface area (Å²) < 4.78 is 41.7. The van der Waals surface area contributed by atoms with E-state index in [1.165, 1.54) is 19.2 Å². The number of methoxy groups -OCH3 is 1. The number of benzene rings is 2. The summed E-state index contributed by atoms with van der Waals surface area (Å²) in [6.07, 6.45) is 0.261. The van der Waals surface area contributed by atoms with Gasteiger partial charge in [-0.25, -0.2) is 4.79 Å². The highest BCUT2D eigenvalue weighted by Crippen LogP contribution is 2.41. The third-order valence-corrected chi connectivity index (χ3v) is 4.94. The molecule has 0 aliphatic rings. The van der Waals surface area contributed by atoms with E-state index in [0.717, 1.165) is 5.56 Å². The second-order valence-corrected chi connectivity index (χ2v) is 7.16. The van der Waals surface area contributed by atoms with Crippen molar-refractivity contribution in [2.45, 2.75) is 20.0 Å². The summed E-state index contributed by atoms with van der Waals surface area (Å²) in [6.45, 7) is -1.82. The monoisotopic (exact) mass is 455 g/mol. The summed E-state index contributed by atoms with van der Waals surface area (Å²) in [5, 5.41) is 0.943. The number of carbonyl (C=O) groups is 1. The van der Waals surface area contributed by atoms with Crippen LogP contribution in [-0.2, 0) is 16.0 Å². The lowest BCUT2D eigenvalue weighted by Gasteiger charge is -2.19. The molecule has 0 atom stereocenters. The zero-order chi connectivity index (χ0) is 21.8. The molecule has 0 radical (unpaired) electrons. The molecule has 0 unspecified atom stereocenters.